The number of aliphatic hydroxyl groups is 2. The molecule has 0 radical (unpaired) electrons. The van der Waals surface area contributed by atoms with Gasteiger partial charge in [-0.2, -0.15) is 0 Å². The van der Waals surface area contributed by atoms with Crippen LogP contribution in [-0.4, -0.2) is 34.5 Å². The number of carboxylic acid groups (broad SMARTS) is 1. The molecule has 0 amide bonds. The molecule has 0 aliphatic heterocycles. The zero-order valence-electron chi connectivity index (χ0n) is 15.6. The lowest BCUT2D eigenvalue weighted by molar-refractivity contribution is -0.143. The predicted octanol–water partition coefficient (Wildman–Crippen LogP) is 4.91. The van der Waals surface area contributed by atoms with E-state index in [2.05, 4.69) is 0 Å². The Kier molecular flexibility index (Phi) is 18.2. The third kappa shape index (κ3) is 16.3. The van der Waals surface area contributed by atoms with Crippen LogP contribution in [-0.2, 0) is 4.79 Å². The van der Waals surface area contributed by atoms with Crippen LogP contribution >= 0.6 is 0 Å². The van der Waals surface area contributed by atoms with E-state index < -0.39 is 11.9 Å². The maximum atomic E-state index is 10.8. The zero-order valence-corrected chi connectivity index (χ0v) is 15.6. The molecular formula is C20H40O4. The first-order valence-corrected chi connectivity index (χ1v) is 10.2. The van der Waals surface area contributed by atoms with Gasteiger partial charge >= 0.3 is 5.97 Å². The summed E-state index contributed by atoms with van der Waals surface area (Å²) in [6.45, 7) is 0.101. The molecule has 0 aromatic heterocycles. The van der Waals surface area contributed by atoms with Gasteiger partial charge in [-0.05, 0) is 12.8 Å². The van der Waals surface area contributed by atoms with Gasteiger partial charge in [-0.3, -0.25) is 4.79 Å². The normalized spacial score (nSPS) is 12.4. The molecule has 4 heteroatoms. The van der Waals surface area contributed by atoms with Crippen LogP contribution in [0.15, 0.2) is 0 Å². The van der Waals surface area contributed by atoms with E-state index in [1.807, 2.05) is 0 Å². The van der Waals surface area contributed by atoms with Crippen molar-refractivity contribution in [3.8, 4) is 0 Å². The summed E-state index contributed by atoms with van der Waals surface area (Å²) < 4.78 is 0. The second kappa shape index (κ2) is 18.7. The average Bonchev–Trinajstić information content (AvgIpc) is 2.57. The predicted molar refractivity (Wildman–Crippen MR) is 99.2 cm³/mol. The minimum absolute atomic E-state index is 0.238. The molecule has 0 aliphatic rings. The summed E-state index contributed by atoms with van der Waals surface area (Å²) in [6.07, 6.45) is 19.1. The fourth-order valence-electron chi connectivity index (χ4n) is 3.09. The van der Waals surface area contributed by atoms with Gasteiger partial charge < -0.3 is 15.3 Å². The smallest absolute Gasteiger partial charge is 0.308 e. The van der Waals surface area contributed by atoms with E-state index in [1.54, 1.807) is 0 Å². The van der Waals surface area contributed by atoms with Crippen LogP contribution in [0.25, 0.3) is 0 Å². The number of unbranched alkanes of at least 4 members (excludes halogenated alkanes) is 14. The van der Waals surface area contributed by atoms with E-state index in [0.717, 1.165) is 19.3 Å². The molecule has 1 atom stereocenters. The Morgan fingerprint density at radius 3 is 1.21 bits per heavy atom. The van der Waals surface area contributed by atoms with Gasteiger partial charge in [-0.15, -0.1) is 0 Å². The van der Waals surface area contributed by atoms with Crippen LogP contribution in [0.3, 0.4) is 0 Å². The van der Waals surface area contributed by atoms with Crippen LogP contribution in [0.1, 0.15) is 103 Å². The summed E-state index contributed by atoms with van der Waals surface area (Å²) in [4.78, 5) is 10.8. The average molecular weight is 345 g/mol. The molecule has 0 bridgehead atoms. The van der Waals surface area contributed by atoms with Gasteiger partial charge in [-0.25, -0.2) is 0 Å². The molecule has 144 valence electrons. The minimum atomic E-state index is -0.873. The summed E-state index contributed by atoms with van der Waals surface area (Å²) in [5.74, 6) is -1.44. The van der Waals surface area contributed by atoms with Crippen molar-refractivity contribution < 1.29 is 20.1 Å². The van der Waals surface area contributed by atoms with Gasteiger partial charge in [0, 0.05) is 6.61 Å². The Morgan fingerprint density at radius 1 is 0.583 bits per heavy atom. The minimum Gasteiger partial charge on any atom is -0.481 e. The van der Waals surface area contributed by atoms with Crippen molar-refractivity contribution in [3.05, 3.63) is 0 Å². The first-order chi connectivity index (χ1) is 11.7. The SMILES string of the molecule is O=C(O)C(CO)CCCCCCCCCCCCCCCCCO. The van der Waals surface area contributed by atoms with Gasteiger partial charge in [0.2, 0.25) is 0 Å². The third-order valence-electron chi connectivity index (χ3n) is 4.78. The van der Waals surface area contributed by atoms with E-state index in [1.165, 1.54) is 77.0 Å². The molecule has 4 nitrogen and oxygen atoms in total. The lowest BCUT2D eigenvalue weighted by Crippen LogP contribution is -2.17. The first-order valence-electron chi connectivity index (χ1n) is 10.2. The molecule has 0 fully saturated rings. The Hall–Kier alpha value is -0.610. The van der Waals surface area contributed by atoms with Crippen LogP contribution in [0.4, 0.5) is 0 Å². The standard InChI is InChI=1S/C20H40O4/c21-17-15-13-11-9-7-5-3-1-2-4-6-8-10-12-14-16-19(18-22)20(23)24/h19,21-22H,1-18H2,(H,23,24). The van der Waals surface area contributed by atoms with Crippen molar-refractivity contribution in [2.45, 2.75) is 103 Å². The molecule has 0 aromatic carbocycles. The molecule has 0 spiro atoms. The van der Waals surface area contributed by atoms with E-state index >= 15 is 0 Å². The quantitative estimate of drug-likeness (QED) is 0.291. The highest BCUT2D eigenvalue weighted by Crippen LogP contribution is 2.15. The second-order valence-electron chi connectivity index (χ2n) is 7.03. The van der Waals surface area contributed by atoms with Crippen LogP contribution < -0.4 is 0 Å². The van der Waals surface area contributed by atoms with Crippen molar-refractivity contribution in [1.82, 2.24) is 0 Å². The van der Waals surface area contributed by atoms with Gasteiger partial charge in [-0.1, -0.05) is 89.9 Å². The Balaban J connectivity index is 3.11. The molecule has 0 heterocycles. The Bertz CT molecular complexity index is 268. The lowest BCUT2D eigenvalue weighted by Gasteiger charge is -2.08. The van der Waals surface area contributed by atoms with Crippen LogP contribution in [0.2, 0.25) is 0 Å². The number of aliphatic hydroxyl groups excluding tert-OH is 2. The molecule has 0 saturated carbocycles. The number of aliphatic carboxylic acids is 1. The number of hydrogen-bond donors (Lipinski definition) is 3. The van der Waals surface area contributed by atoms with Crippen molar-refractivity contribution >= 4 is 5.97 Å². The summed E-state index contributed by atoms with van der Waals surface area (Å²) in [5, 5.41) is 26.5. The molecule has 0 aliphatic carbocycles. The highest BCUT2D eigenvalue weighted by molar-refractivity contribution is 5.69. The maximum absolute atomic E-state index is 10.8. The third-order valence-corrected chi connectivity index (χ3v) is 4.78. The first kappa shape index (κ1) is 23.4. The van der Waals surface area contributed by atoms with Crippen molar-refractivity contribution in [1.29, 1.82) is 0 Å². The number of rotatable bonds is 19. The van der Waals surface area contributed by atoms with Gasteiger partial charge in [0.1, 0.15) is 0 Å². The van der Waals surface area contributed by atoms with Gasteiger partial charge in [0.25, 0.3) is 0 Å². The highest BCUT2D eigenvalue weighted by Gasteiger charge is 2.14. The molecule has 3 N–H and O–H groups in total. The summed E-state index contributed by atoms with van der Waals surface area (Å²) in [6, 6.07) is 0. The molecule has 0 rings (SSSR count). The molecule has 1 unspecified atom stereocenters. The number of hydrogen-bond acceptors (Lipinski definition) is 3. The highest BCUT2D eigenvalue weighted by atomic mass is 16.4. The largest absolute Gasteiger partial charge is 0.481 e. The zero-order chi connectivity index (χ0) is 17.9. The summed E-state index contributed by atoms with van der Waals surface area (Å²) >= 11 is 0. The topological polar surface area (TPSA) is 77.8 Å². The van der Waals surface area contributed by atoms with Crippen molar-refractivity contribution in [2.24, 2.45) is 5.92 Å². The summed E-state index contributed by atoms with van der Waals surface area (Å²) in [5.41, 5.74) is 0. The van der Waals surface area contributed by atoms with E-state index in [9.17, 15) is 4.79 Å². The monoisotopic (exact) mass is 344 g/mol. The molecular weight excluding hydrogens is 304 g/mol. The maximum Gasteiger partial charge on any atom is 0.308 e. The van der Waals surface area contributed by atoms with E-state index in [-0.39, 0.29) is 6.61 Å². The van der Waals surface area contributed by atoms with E-state index in [4.69, 9.17) is 15.3 Å². The van der Waals surface area contributed by atoms with Crippen LogP contribution in [0, 0.1) is 5.92 Å². The lowest BCUT2D eigenvalue weighted by atomic mass is 10.0. The number of carbonyl (C=O) groups is 1. The second-order valence-corrected chi connectivity index (χ2v) is 7.03. The van der Waals surface area contributed by atoms with Crippen LogP contribution in [0.5, 0.6) is 0 Å². The molecule has 24 heavy (non-hydrogen) atoms. The van der Waals surface area contributed by atoms with Crippen molar-refractivity contribution in [3.63, 3.8) is 0 Å². The van der Waals surface area contributed by atoms with Gasteiger partial charge in [0.15, 0.2) is 0 Å². The summed E-state index contributed by atoms with van der Waals surface area (Å²) in [7, 11) is 0. The van der Waals surface area contributed by atoms with Gasteiger partial charge in [0.05, 0.1) is 12.5 Å². The number of carboxylic acids is 1. The molecule has 0 saturated heterocycles. The molecule has 0 aromatic rings. The van der Waals surface area contributed by atoms with E-state index in [0.29, 0.717) is 13.0 Å². The Labute approximate surface area is 148 Å². The fourth-order valence-corrected chi connectivity index (χ4v) is 3.09. The Morgan fingerprint density at radius 2 is 0.917 bits per heavy atom. The van der Waals surface area contributed by atoms with Crippen molar-refractivity contribution in [2.75, 3.05) is 13.2 Å². The fraction of sp³-hybridized carbons (Fsp3) is 0.950.